The highest BCUT2D eigenvalue weighted by Gasteiger charge is 2.30. The van der Waals surface area contributed by atoms with Crippen molar-refractivity contribution >= 4 is 50.5 Å². The van der Waals surface area contributed by atoms with E-state index in [0.717, 1.165) is 15.6 Å². The lowest BCUT2D eigenvalue weighted by Gasteiger charge is -2.17. The Kier molecular flexibility index (Phi) is 4.18. The first-order valence-electron chi connectivity index (χ1n) is 5.13. The lowest BCUT2D eigenvalue weighted by Crippen LogP contribution is -2.37. The summed E-state index contributed by atoms with van der Waals surface area (Å²) in [4.78, 5) is 11.4. The summed E-state index contributed by atoms with van der Waals surface area (Å²) in [5, 5.41) is 2.62. The van der Waals surface area contributed by atoms with Crippen LogP contribution in [0.1, 0.15) is 6.42 Å². The van der Waals surface area contributed by atoms with E-state index in [9.17, 15) is 13.2 Å². The van der Waals surface area contributed by atoms with E-state index >= 15 is 0 Å². The Bertz CT molecular complexity index is 570. The van der Waals surface area contributed by atoms with Gasteiger partial charge in [0.25, 0.3) is 0 Å². The first-order valence-corrected chi connectivity index (χ1v) is 8.14. The van der Waals surface area contributed by atoms with Crippen LogP contribution in [0.5, 0.6) is 0 Å². The van der Waals surface area contributed by atoms with Gasteiger partial charge < -0.3 is 5.32 Å². The average Bonchev–Trinajstić information content (AvgIpc) is 2.50. The van der Waals surface area contributed by atoms with E-state index in [1.807, 2.05) is 0 Å². The summed E-state index contributed by atoms with van der Waals surface area (Å²) in [6, 6.07) is 1.31. The van der Waals surface area contributed by atoms with Gasteiger partial charge in [-0.2, -0.15) is 4.31 Å². The minimum absolute atomic E-state index is 0.0335. The zero-order valence-corrected chi connectivity index (χ0v) is 12.3. The summed E-state index contributed by atoms with van der Waals surface area (Å²) in [5.74, 6) is -0.312. The third kappa shape index (κ3) is 2.80. The monoisotopic (exact) mass is 328 g/mol. The van der Waals surface area contributed by atoms with Gasteiger partial charge in [0.15, 0.2) is 0 Å². The zero-order chi connectivity index (χ0) is 13.3. The molecule has 0 spiro atoms. The third-order valence-corrected chi connectivity index (χ3v) is 6.07. The maximum atomic E-state index is 12.3. The van der Waals surface area contributed by atoms with E-state index in [2.05, 4.69) is 5.32 Å². The van der Waals surface area contributed by atoms with Gasteiger partial charge in [0.05, 0.1) is 10.9 Å². The molecule has 0 radical (unpaired) electrons. The van der Waals surface area contributed by atoms with E-state index < -0.39 is 10.0 Å². The normalized spacial score (nSPS) is 18.4. The van der Waals surface area contributed by atoms with Crippen LogP contribution >= 0.6 is 34.5 Å². The van der Waals surface area contributed by atoms with E-state index in [-0.39, 0.29) is 28.2 Å². The van der Waals surface area contributed by atoms with Gasteiger partial charge in [0.2, 0.25) is 15.9 Å². The van der Waals surface area contributed by atoms with Crippen molar-refractivity contribution in [3.63, 3.8) is 0 Å². The number of thiophene rings is 1. The molecule has 1 aromatic heterocycles. The number of sulfonamides is 1. The van der Waals surface area contributed by atoms with Gasteiger partial charge in [0, 0.05) is 13.1 Å². The number of rotatable bonds is 2. The van der Waals surface area contributed by atoms with E-state index in [1.54, 1.807) is 0 Å². The summed E-state index contributed by atoms with van der Waals surface area (Å²) in [6.45, 7) is 0.569. The summed E-state index contributed by atoms with van der Waals surface area (Å²) in [7, 11) is -3.76. The molecular weight excluding hydrogens is 319 g/mol. The van der Waals surface area contributed by atoms with Gasteiger partial charge in [-0.3, -0.25) is 4.79 Å². The van der Waals surface area contributed by atoms with E-state index in [0.29, 0.717) is 17.3 Å². The fourth-order valence-corrected chi connectivity index (χ4v) is 5.17. The molecule has 100 valence electrons. The molecular formula is C9H10Cl2N2O3S2. The summed E-state index contributed by atoms with van der Waals surface area (Å²) in [6.07, 6.45) is 0.570. The van der Waals surface area contributed by atoms with Crippen LogP contribution in [0.2, 0.25) is 8.67 Å². The fraction of sp³-hybridized carbons (Fsp3) is 0.444. The van der Waals surface area contributed by atoms with Crippen molar-refractivity contribution in [3.8, 4) is 0 Å². The van der Waals surface area contributed by atoms with Crippen LogP contribution in [0, 0.1) is 0 Å². The van der Waals surface area contributed by atoms with Gasteiger partial charge in [-0.15, -0.1) is 11.3 Å². The van der Waals surface area contributed by atoms with Gasteiger partial charge in [0.1, 0.15) is 9.23 Å². The van der Waals surface area contributed by atoms with Gasteiger partial charge in [-0.05, 0) is 12.5 Å². The van der Waals surface area contributed by atoms with Crippen molar-refractivity contribution in [1.82, 2.24) is 9.62 Å². The molecule has 1 aliphatic rings. The molecule has 0 saturated carbocycles. The molecule has 2 heterocycles. The molecule has 18 heavy (non-hydrogen) atoms. The molecule has 1 fully saturated rings. The van der Waals surface area contributed by atoms with Crippen LogP contribution in [0.15, 0.2) is 11.0 Å². The molecule has 1 saturated heterocycles. The predicted octanol–water partition coefficient (Wildman–Crippen LogP) is 1.57. The third-order valence-electron chi connectivity index (χ3n) is 2.47. The highest BCUT2D eigenvalue weighted by atomic mass is 35.5. The molecule has 1 N–H and O–H groups in total. The van der Waals surface area contributed by atoms with Crippen LogP contribution in [0.3, 0.4) is 0 Å². The summed E-state index contributed by atoms with van der Waals surface area (Å²) < 4.78 is 26.2. The van der Waals surface area contributed by atoms with Crippen LogP contribution in [-0.2, 0) is 14.8 Å². The number of carbonyl (C=O) groups is 1. The minimum Gasteiger partial charge on any atom is -0.355 e. The Morgan fingerprint density at radius 3 is 2.72 bits per heavy atom. The Labute approximate surface area is 119 Å². The molecule has 5 nitrogen and oxygen atoms in total. The second kappa shape index (κ2) is 5.34. The molecule has 1 aliphatic heterocycles. The second-order valence-electron chi connectivity index (χ2n) is 3.73. The van der Waals surface area contributed by atoms with Crippen molar-refractivity contribution in [3.05, 3.63) is 14.7 Å². The number of hydrogen-bond donors (Lipinski definition) is 1. The molecule has 0 aromatic carbocycles. The number of nitrogens with zero attached hydrogens (tertiary/aromatic N) is 1. The standard InChI is InChI=1S/C9H10Cl2N2O3S2/c10-7-4-6(9(11)17-7)18(15,16)13-3-1-2-12-8(14)5-13/h4H,1-3,5H2,(H,12,14). The van der Waals surface area contributed by atoms with Crippen LogP contribution < -0.4 is 5.32 Å². The van der Waals surface area contributed by atoms with Crippen molar-refractivity contribution in [2.24, 2.45) is 0 Å². The Hall–Kier alpha value is -0.340. The fourth-order valence-electron chi connectivity index (χ4n) is 1.62. The van der Waals surface area contributed by atoms with Crippen LogP contribution in [0.25, 0.3) is 0 Å². The van der Waals surface area contributed by atoms with E-state index in [4.69, 9.17) is 23.2 Å². The predicted molar refractivity (Wildman–Crippen MR) is 70.7 cm³/mol. The first kappa shape index (κ1) is 14.1. The molecule has 1 aromatic rings. The van der Waals surface area contributed by atoms with E-state index in [1.165, 1.54) is 6.07 Å². The minimum atomic E-state index is -3.76. The Balaban J connectivity index is 2.35. The Morgan fingerprint density at radius 2 is 2.11 bits per heavy atom. The zero-order valence-electron chi connectivity index (χ0n) is 9.15. The molecule has 1 amide bonds. The Morgan fingerprint density at radius 1 is 1.39 bits per heavy atom. The molecule has 0 aliphatic carbocycles. The number of carbonyl (C=O) groups excluding carboxylic acids is 1. The van der Waals surface area contributed by atoms with Crippen LogP contribution in [-0.4, -0.2) is 38.3 Å². The van der Waals surface area contributed by atoms with Gasteiger partial charge in [-0.25, -0.2) is 8.42 Å². The number of halogens is 2. The largest absolute Gasteiger partial charge is 0.355 e. The highest BCUT2D eigenvalue weighted by Crippen LogP contribution is 2.35. The maximum Gasteiger partial charge on any atom is 0.245 e. The molecule has 0 unspecified atom stereocenters. The number of nitrogens with one attached hydrogen (secondary N) is 1. The first-order chi connectivity index (χ1) is 8.41. The van der Waals surface area contributed by atoms with Crippen molar-refractivity contribution in [2.45, 2.75) is 11.3 Å². The van der Waals surface area contributed by atoms with Crippen molar-refractivity contribution in [1.29, 1.82) is 0 Å². The summed E-state index contributed by atoms with van der Waals surface area (Å²) in [5.41, 5.74) is 0. The maximum absolute atomic E-state index is 12.3. The smallest absolute Gasteiger partial charge is 0.245 e. The molecule has 9 heteroatoms. The van der Waals surface area contributed by atoms with Crippen molar-refractivity contribution < 1.29 is 13.2 Å². The summed E-state index contributed by atoms with van der Waals surface area (Å²) >= 11 is 12.6. The molecule has 2 rings (SSSR count). The molecule has 0 atom stereocenters. The lowest BCUT2D eigenvalue weighted by atomic mass is 10.4. The van der Waals surface area contributed by atoms with Crippen LogP contribution in [0.4, 0.5) is 0 Å². The number of hydrogen-bond acceptors (Lipinski definition) is 4. The quantitative estimate of drug-likeness (QED) is 0.896. The second-order valence-corrected chi connectivity index (χ2v) is 7.92. The SMILES string of the molecule is O=C1CN(S(=O)(=O)c2cc(Cl)sc2Cl)CCCN1. The van der Waals surface area contributed by atoms with Gasteiger partial charge >= 0.3 is 0 Å². The van der Waals surface area contributed by atoms with Gasteiger partial charge in [-0.1, -0.05) is 23.2 Å². The average molecular weight is 329 g/mol. The topological polar surface area (TPSA) is 66.5 Å². The highest BCUT2D eigenvalue weighted by molar-refractivity contribution is 7.89. The molecule has 0 bridgehead atoms. The number of amides is 1. The van der Waals surface area contributed by atoms with Crippen molar-refractivity contribution in [2.75, 3.05) is 19.6 Å². The lowest BCUT2D eigenvalue weighted by molar-refractivity contribution is -0.120.